The van der Waals surface area contributed by atoms with Crippen LogP contribution in [0.2, 0.25) is 5.02 Å². The maximum Gasteiger partial charge on any atom is 0.225 e. The highest BCUT2D eigenvalue weighted by atomic mass is 35.5. The third-order valence-electron chi connectivity index (χ3n) is 4.65. The average molecular weight is 428 g/mol. The summed E-state index contributed by atoms with van der Waals surface area (Å²) in [5.74, 6) is 0.198. The van der Waals surface area contributed by atoms with Crippen molar-refractivity contribution in [1.29, 1.82) is 0 Å². The van der Waals surface area contributed by atoms with Crippen LogP contribution < -0.4 is 15.4 Å². The lowest BCUT2D eigenvalue weighted by atomic mass is 10.0. The van der Waals surface area contributed by atoms with Crippen LogP contribution in [0.3, 0.4) is 0 Å². The van der Waals surface area contributed by atoms with Gasteiger partial charge in [0.25, 0.3) is 0 Å². The van der Waals surface area contributed by atoms with Gasteiger partial charge in [-0.2, -0.15) is 0 Å². The number of amides is 1. The van der Waals surface area contributed by atoms with Crippen LogP contribution in [-0.4, -0.2) is 44.1 Å². The largest absolute Gasteiger partial charge is 0.495 e. The second-order valence-corrected chi connectivity index (χ2v) is 6.89. The molecule has 2 N–H and O–H groups in total. The van der Waals surface area contributed by atoms with Crippen molar-refractivity contribution in [2.75, 3.05) is 38.6 Å². The molecule has 8 heteroatoms. The molecule has 5 nitrogen and oxygen atoms in total. The molecule has 1 amide bonds. The van der Waals surface area contributed by atoms with E-state index in [4.69, 9.17) is 16.3 Å². The minimum atomic E-state index is -0.246. The number of nitrogens with one attached hydrogen (secondary N) is 2. The van der Waals surface area contributed by atoms with E-state index >= 15 is 0 Å². The van der Waals surface area contributed by atoms with Crippen molar-refractivity contribution in [3.63, 3.8) is 0 Å². The molecule has 2 aromatic carbocycles. The normalized spacial score (nSPS) is 16.9. The predicted molar refractivity (Wildman–Crippen MR) is 112 cm³/mol. The van der Waals surface area contributed by atoms with E-state index in [9.17, 15) is 9.18 Å². The Kier molecular flexibility index (Phi) is 8.51. The highest BCUT2D eigenvalue weighted by Gasteiger charge is 2.24. The summed E-state index contributed by atoms with van der Waals surface area (Å²) < 4.78 is 18.8. The van der Waals surface area contributed by atoms with Crippen molar-refractivity contribution in [3.8, 4) is 5.75 Å². The molecular weight excluding hydrogens is 404 g/mol. The highest BCUT2D eigenvalue weighted by molar-refractivity contribution is 6.31. The average Bonchev–Trinajstić information content (AvgIpc) is 2.67. The molecule has 152 valence electrons. The summed E-state index contributed by atoms with van der Waals surface area (Å²) in [4.78, 5) is 14.6. The fourth-order valence-corrected chi connectivity index (χ4v) is 3.46. The first-order valence-electron chi connectivity index (χ1n) is 8.90. The molecule has 0 saturated carbocycles. The zero-order chi connectivity index (χ0) is 19.2. The number of carbonyl (C=O) groups excluding carboxylic acids is 1. The third-order valence-corrected chi connectivity index (χ3v) is 4.88. The molecule has 3 rings (SSSR count). The smallest absolute Gasteiger partial charge is 0.225 e. The second-order valence-electron chi connectivity index (χ2n) is 6.45. The summed E-state index contributed by atoms with van der Waals surface area (Å²) in [6, 6.07) is 11.8. The molecule has 1 unspecified atom stereocenters. The number of rotatable bonds is 6. The van der Waals surface area contributed by atoms with Crippen LogP contribution in [0.4, 0.5) is 10.1 Å². The molecule has 1 aliphatic heterocycles. The SMILES string of the molecule is COc1ccc(Cl)cc1NC(=O)CCN1CCNCC1c1cccc(F)c1.Cl. The van der Waals surface area contributed by atoms with Gasteiger partial charge in [0, 0.05) is 43.7 Å². The number of methoxy groups -OCH3 is 1. The molecule has 1 saturated heterocycles. The van der Waals surface area contributed by atoms with Crippen LogP contribution in [-0.2, 0) is 4.79 Å². The number of piperazine rings is 1. The van der Waals surface area contributed by atoms with Crippen molar-refractivity contribution in [3.05, 3.63) is 58.9 Å². The van der Waals surface area contributed by atoms with E-state index in [1.165, 1.54) is 6.07 Å². The van der Waals surface area contributed by atoms with Gasteiger partial charge in [-0.05, 0) is 35.9 Å². The number of halogens is 3. The lowest BCUT2D eigenvalue weighted by molar-refractivity contribution is -0.116. The fourth-order valence-electron chi connectivity index (χ4n) is 3.29. The summed E-state index contributed by atoms with van der Waals surface area (Å²) in [7, 11) is 1.54. The van der Waals surface area contributed by atoms with Gasteiger partial charge in [-0.25, -0.2) is 4.39 Å². The first kappa shape index (κ1) is 22.4. The van der Waals surface area contributed by atoms with Gasteiger partial charge >= 0.3 is 0 Å². The fraction of sp³-hybridized carbons (Fsp3) is 0.350. The van der Waals surface area contributed by atoms with Gasteiger partial charge in [0.2, 0.25) is 5.91 Å². The lowest BCUT2D eigenvalue weighted by Gasteiger charge is -2.36. The second kappa shape index (κ2) is 10.6. The molecule has 28 heavy (non-hydrogen) atoms. The molecule has 1 aliphatic rings. The Morgan fingerprint density at radius 3 is 2.93 bits per heavy atom. The van der Waals surface area contributed by atoms with Crippen molar-refractivity contribution in [2.24, 2.45) is 0 Å². The summed E-state index contributed by atoms with van der Waals surface area (Å²) in [6.07, 6.45) is 0.321. The predicted octanol–water partition coefficient (Wildman–Crippen LogP) is 3.88. The maximum absolute atomic E-state index is 13.6. The summed E-state index contributed by atoms with van der Waals surface area (Å²) >= 11 is 6.00. The first-order chi connectivity index (χ1) is 13.1. The van der Waals surface area contributed by atoms with Gasteiger partial charge in [0.15, 0.2) is 0 Å². The first-order valence-corrected chi connectivity index (χ1v) is 9.28. The van der Waals surface area contributed by atoms with Crippen molar-refractivity contribution in [2.45, 2.75) is 12.5 Å². The van der Waals surface area contributed by atoms with Crippen LogP contribution in [0, 0.1) is 5.82 Å². The molecule has 0 radical (unpaired) electrons. The summed E-state index contributed by atoms with van der Waals surface area (Å²) in [5.41, 5.74) is 1.47. The van der Waals surface area contributed by atoms with Gasteiger partial charge in [-0.3, -0.25) is 9.69 Å². The Balaban J connectivity index is 0.00000280. The highest BCUT2D eigenvalue weighted by Crippen LogP contribution is 2.28. The van der Waals surface area contributed by atoms with E-state index in [1.54, 1.807) is 37.4 Å². The molecule has 1 atom stereocenters. The molecule has 1 heterocycles. The summed E-state index contributed by atoms with van der Waals surface area (Å²) in [6.45, 7) is 2.95. The van der Waals surface area contributed by atoms with Crippen molar-refractivity contribution < 1.29 is 13.9 Å². The topological polar surface area (TPSA) is 53.6 Å². The van der Waals surface area contributed by atoms with Crippen LogP contribution in [0.25, 0.3) is 0 Å². The molecule has 0 bridgehead atoms. The Morgan fingerprint density at radius 1 is 1.36 bits per heavy atom. The maximum atomic E-state index is 13.6. The molecular formula is C20H24Cl2FN3O2. The molecule has 0 aromatic heterocycles. The quantitative estimate of drug-likeness (QED) is 0.734. The molecule has 0 spiro atoms. The number of benzene rings is 2. The number of nitrogens with zero attached hydrogens (tertiary/aromatic N) is 1. The van der Waals surface area contributed by atoms with Crippen molar-refractivity contribution in [1.82, 2.24) is 10.2 Å². The molecule has 1 fully saturated rings. The van der Waals surface area contributed by atoms with E-state index in [0.29, 0.717) is 29.4 Å². The van der Waals surface area contributed by atoms with Crippen LogP contribution in [0.15, 0.2) is 42.5 Å². The standard InChI is InChI=1S/C20H23ClFN3O2.ClH/c1-27-19-6-5-15(21)12-17(19)24-20(26)7-9-25-10-8-23-13-18(25)14-3-2-4-16(22)11-14;/h2-6,11-12,18,23H,7-10,13H2,1H3,(H,24,26);1H. The molecule has 2 aromatic rings. The van der Waals surface area contributed by atoms with Gasteiger partial charge in [0.1, 0.15) is 11.6 Å². The van der Waals surface area contributed by atoms with Crippen molar-refractivity contribution >= 4 is 35.6 Å². The number of ether oxygens (including phenoxy) is 1. The van der Waals surface area contributed by atoms with Gasteiger partial charge in [0.05, 0.1) is 12.8 Å². The Labute approximate surface area is 175 Å². The number of hydrogen-bond donors (Lipinski definition) is 2. The summed E-state index contributed by atoms with van der Waals surface area (Å²) in [5, 5.41) is 6.72. The van der Waals surface area contributed by atoms with Gasteiger partial charge < -0.3 is 15.4 Å². The van der Waals surface area contributed by atoms with E-state index in [1.807, 2.05) is 6.07 Å². The van der Waals surface area contributed by atoms with Gasteiger partial charge in [-0.15, -0.1) is 12.4 Å². The molecule has 0 aliphatic carbocycles. The number of carbonyl (C=O) groups is 1. The third kappa shape index (κ3) is 5.82. The number of anilines is 1. The Bertz CT molecular complexity index is 807. The Morgan fingerprint density at radius 2 is 2.18 bits per heavy atom. The van der Waals surface area contributed by atoms with Crippen LogP contribution in [0.5, 0.6) is 5.75 Å². The minimum absolute atomic E-state index is 0. The van der Waals surface area contributed by atoms with Gasteiger partial charge in [-0.1, -0.05) is 23.7 Å². The van der Waals surface area contributed by atoms with Crippen LogP contribution >= 0.6 is 24.0 Å². The monoisotopic (exact) mass is 427 g/mol. The zero-order valence-corrected chi connectivity index (χ0v) is 17.2. The zero-order valence-electron chi connectivity index (χ0n) is 15.6. The van der Waals surface area contributed by atoms with E-state index in [2.05, 4.69) is 15.5 Å². The Hall–Kier alpha value is -1.86. The number of hydrogen-bond acceptors (Lipinski definition) is 4. The van der Waals surface area contributed by atoms with E-state index in [-0.39, 0.29) is 30.2 Å². The van der Waals surface area contributed by atoms with E-state index in [0.717, 1.165) is 25.2 Å². The van der Waals surface area contributed by atoms with E-state index < -0.39 is 0 Å². The minimum Gasteiger partial charge on any atom is -0.495 e. The lowest BCUT2D eigenvalue weighted by Crippen LogP contribution is -2.46. The van der Waals surface area contributed by atoms with Crippen LogP contribution in [0.1, 0.15) is 18.0 Å².